The van der Waals surface area contributed by atoms with Crippen LogP contribution in [0.5, 0.6) is 5.88 Å². The maximum Gasteiger partial charge on any atom is 0.451 e. The smallest absolute Gasteiger partial charge is 0.451 e. The van der Waals surface area contributed by atoms with Crippen molar-refractivity contribution in [1.82, 2.24) is 15.0 Å². The molecule has 0 bridgehead atoms. The van der Waals surface area contributed by atoms with Gasteiger partial charge in [-0.2, -0.15) is 13.2 Å². The van der Waals surface area contributed by atoms with Crippen LogP contribution in [-0.4, -0.2) is 20.1 Å². The number of aryl methyl sites for hydroxylation is 1. The van der Waals surface area contributed by atoms with Crippen LogP contribution in [0.15, 0.2) is 52.7 Å². The zero-order chi connectivity index (χ0) is 19.9. The van der Waals surface area contributed by atoms with Gasteiger partial charge in [-0.3, -0.25) is 0 Å². The minimum Gasteiger partial charge on any atom is -0.493 e. The van der Waals surface area contributed by atoms with Gasteiger partial charge in [0.05, 0.1) is 11.0 Å². The highest BCUT2D eigenvalue weighted by atomic mass is 19.4. The van der Waals surface area contributed by atoms with Crippen LogP contribution in [0.1, 0.15) is 18.3 Å². The van der Waals surface area contributed by atoms with Crippen LogP contribution >= 0.6 is 0 Å². The number of nitrogens with zero attached hydrogens (tertiary/aromatic N) is 4. The molecule has 9 heteroatoms. The highest BCUT2D eigenvalue weighted by Gasteiger charge is 2.35. The van der Waals surface area contributed by atoms with E-state index >= 15 is 0 Å². The number of benzene rings is 2. The molecule has 2 N–H and O–H groups in total. The van der Waals surface area contributed by atoms with E-state index in [0.29, 0.717) is 16.3 Å². The molecule has 0 spiro atoms. The Kier molecular flexibility index (Phi) is 4.21. The van der Waals surface area contributed by atoms with Gasteiger partial charge >= 0.3 is 6.18 Å². The number of fused-ring (bicyclic) bond motifs is 2. The monoisotopic (exact) mass is 385 g/mol. The third kappa shape index (κ3) is 3.15. The molecule has 0 atom stereocenters. The third-order valence-electron chi connectivity index (χ3n) is 4.31. The average Bonchev–Trinajstić information content (AvgIpc) is 2.99. The molecule has 6 nitrogen and oxygen atoms in total. The Hall–Kier alpha value is -3.49. The summed E-state index contributed by atoms with van der Waals surface area (Å²) in [6, 6.07) is 11.8. The Bertz CT molecular complexity index is 1210. The molecule has 0 aliphatic rings. The fourth-order valence-corrected chi connectivity index (χ4v) is 2.89. The maximum atomic E-state index is 13.1. The standard InChI is InChI=1S/C19H14F3N5O/c1-2-10-7-8-14-12(9-10)15(17(28)23-14)26-27-16-11-5-3-4-6-13(11)24-18(25-16)19(20,21)22/h3-9,23,28H,2H2,1H3. The topological polar surface area (TPSA) is 86.5 Å². The minimum atomic E-state index is -4.72. The molecule has 2 heterocycles. The number of alkyl halides is 3. The fraction of sp³-hybridized carbons (Fsp3) is 0.158. The van der Waals surface area contributed by atoms with E-state index in [2.05, 4.69) is 25.2 Å². The third-order valence-corrected chi connectivity index (χ3v) is 4.31. The van der Waals surface area contributed by atoms with Crippen molar-refractivity contribution in [3.05, 3.63) is 53.9 Å². The van der Waals surface area contributed by atoms with E-state index in [4.69, 9.17) is 0 Å². The van der Waals surface area contributed by atoms with E-state index < -0.39 is 12.0 Å². The van der Waals surface area contributed by atoms with E-state index in [9.17, 15) is 18.3 Å². The average molecular weight is 385 g/mol. The number of aromatic nitrogens is 3. The van der Waals surface area contributed by atoms with Crippen molar-refractivity contribution in [3.63, 3.8) is 0 Å². The fourth-order valence-electron chi connectivity index (χ4n) is 2.89. The molecule has 2 aromatic heterocycles. The van der Waals surface area contributed by atoms with Crippen molar-refractivity contribution < 1.29 is 18.3 Å². The van der Waals surface area contributed by atoms with Gasteiger partial charge in [-0.15, -0.1) is 10.2 Å². The number of aromatic hydroxyl groups is 1. The van der Waals surface area contributed by atoms with Crippen molar-refractivity contribution in [1.29, 1.82) is 0 Å². The summed E-state index contributed by atoms with van der Waals surface area (Å²) in [6.07, 6.45) is -3.93. The lowest BCUT2D eigenvalue weighted by atomic mass is 10.1. The number of H-pyrrole nitrogens is 1. The molecule has 28 heavy (non-hydrogen) atoms. The first-order valence-electron chi connectivity index (χ1n) is 8.46. The van der Waals surface area contributed by atoms with Crippen LogP contribution in [-0.2, 0) is 12.6 Å². The van der Waals surface area contributed by atoms with Gasteiger partial charge in [0.15, 0.2) is 11.5 Å². The van der Waals surface area contributed by atoms with Crippen LogP contribution in [0.4, 0.5) is 24.7 Å². The van der Waals surface area contributed by atoms with E-state index in [0.717, 1.165) is 12.0 Å². The van der Waals surface area contributed by atoms with Crippen molar-refractivity contribution in [2.75, 3.05) is 0 Å². The maximum absolute atomic E-state index is 13.1. The highest BCUT2D eigenvalue weighted by Crippen LogP contribution is 2.38. The largest absolute Gasteiger partial charge is 0.493 e. The second-order valence-corrected chi connectivity index (χ2v) is 6.14. The quantitative estimate of drug-likeness (QED) is 0.436. The van der Waals surface area contributed by atoms with E-state index in [1.165, 1.54) is 6.07 Å². The van der Waals surface area contributed by atoms with E-state index in [-0.39, 0.29) is 22.9 Å². The minimum absolute atomic E-state index is 0.107. The number of aromatic amines is 1. The summed E-state index contributed by atoms with van der Waals surface area (Å²) in [6.45, 7) is 1.99. The van der Waals surface area contributed by atoms with Gasteiger partial charge in [-0.05, 0) is 36.2 Å². The summed E-state index contributed by atoms with van der Waals surface area (Å²) >= 11 is 0. The lowest BCUT2D eigenvalue weighted by Crippen LogP contribution is -2.10. The summed E-state index contributed by atoms with van der Waals surface area (Å²) in [5.41, 5.74) is 1.92. The lowest BCUT2D eigenvalue weighted by molar-refractivity contribution is -0.144. The summed E-state index contributed by atoms with van der Waals surface area (Å²) in [7, 11) is 0. The number of hydrogen-bond donors (Lipinski definition) is 2. The Morgan fingerprint density at radius 3 is 2.57 bits per heavy atom. The Labute approximate surface area is 156 Å². The van der Waals surface area contributed by atoms with E-state index in [1.807, 2.05) is 19.1 Å². The molecule has 2 aromatic carbocycles. The van der Waals surface area contributed by atoms with Crippen LogP contribution in [0.3, 0.4) is 0 Å². The molecule has 142 valence electrons. The zero-order valence-electron chi connectivity index (χ0n) is 14.6. The normalized spacial score (nSPS) is 12.4. The molecular weight excluding hydrogens is 371 g/mol. The first kappa shape index (κ1) is 17.9. The number of para-hydroxylation sites is 1. The second-order valence-electron chi connectivity index (χ2n) is 6.14. The SMILES string of the molecule is CCc1ccc2[nH]c(O)c(N=Nc3nc(C(F)(F)F)nc4ccccc34)c2c1. The first-order chi connectivity index (χ1) is 13.4. The van der Waals surface area contributed by atoms with Crippen molar-refractivity contribution in [3.8, 4) is 5.88 Å². The Morgan fingerprint density at radius 2 is 1.82 bits per heavy atom. The van der Waals surface area contributed by atoms with E-state index in [1.54, 1.807) is 24.3 Å². The van der Waals surface area contributed by atoms with Gasteiger partial charge in [0, 0.05) is 10.8 Å². The molecule has 4 aromatic rings. The van der Waals surface area contributed by atoms with Crippen molar-refractivity contribution in [2.24, 2.45) is 10.2 Å². The lowest BCUT2D eigenvalue weighted by Gasteiger charge is -2.07. The molecule has 4 rings (SSSR count). The van der Waals surface area contributed by atoms with Crippen molar-refractivity contribution in [2.45, 2.75) is 19.5 Å². The number of hydrogen-bond acceptors (Lipinski definition) is 5. The molecule has 0 radical (unpaired) electrons. The molecule has 0 amide bonds. The molecule has 0 fully saturated rings. The van der Waals surface area contributed by atoms with Crippen LogP contribution in [0.2, 0.25) is 0 Å². The Morgan fingerprint density at radius 1 is 1.04 bits per heavy atom. The molecule has 0 unspecified atom stereocenters. The highest BCUT2D eigenvalue weighted by molar-refractivity contribution is 5.94. The number of azo groups is 1. The second kappa shape index (κ2) is 6.59. The summed E-state index contributed by atoms with van der Waals surface area (Å²) in [5.74, 6) is -1.74. The van der Waals surface area contributed by atoms with Gasteiger partial charge < -0.3 is 10.1 Å². The zero-order valence-corrected chi connectivity index (χ0v) is 14.6. The van der Waals surface area contributed by atoms with Crippen LogP contribution in [0.25, 0.3) is 21.8 Å². The van der Waals surface area contributed by atoms with Crippen LogP contribution < -0.4 is 0 Å². The molecule has 0 saturated carbocycles. The molecule has 0 saturated heterocycles. The van der Waals surface area contributed by atoms with Gasteiger partial charge in [-0.1, -0.05) is 25.1 Å². The summed E-state index contributed by atoms with van der Waals surface area (Å²) < 4.78 is 39.4. The summed E-state index contributed by atoms with van der Waals surface area (Å²) in [5, 5.41) is 19.0. The molecule has 0 aliphatic heterocycles. The predicted octanol–water partition coefficient (Wildman–Crippen LogP) is 5.81. The molecular formula is C19H14F3N5O. The number of rotatable bonds is 3. The van der Waals surface area contributed by atoms with Crippen molar-refractivity contribution >= 4 is 33.3 Å². The summed E-state index contributed by atoms with van der Waals surface area (Å²) in [4.78, 5) is 9.85. The van der Waals surface area contributed by atoms with Gasteiger partial charge in [0.2, 0.25) is 11.7 Å². The first-order valence-corrected chi connectivity index (χ1v) is 8.46. The van der Waals surface area contributed by atoms with Gasteiger partial charge in [0.1, 0.15) is 0 Å². The van der Waals surface area contributed by atoms with Gasteiger partial charge in [-0.25, -0.2) is 9.97 Å². The number of nitrogens with one attached hydrogen (secondary N) is 1. The number of halogens is 3. The van der Waals surface area contributed by atoms with Crippen LogP contribution in [0, 0.1) is 0 Å². The predicted molar refractivity (Wildman–Crippen MR) is 98.1 cm³/mol. The van der Waals surface area contributed by atoms with Gasteiger partial charge in [0.25, 0.3) is 0 Å². The Balaban J connectivity index is 1.87. The molecule has 0 aliphatic carbocycles.